The van der Waals surface area contributed by atoms with Crippen LogP contribution >= 0.6 is 0 Å². The molecule has 0 bridgehead atoms. The molecular weight excluding hydrogens is 686 g/mol. The third kappa shape index (κ3) is 5.90. The van der Waals surface area contributed by atoms with Gasteiger partial charge in [0.25, 0.3) is 0 Å². The molecule has 8 aromatic rings. The van der Waals surface area contributed by atoms with Gasteiger partial charge < -0.3 is 9.80 Å². The second-order valence-electron chi connectivity index (χ2n) is 15.9. The molecule has 0 atom stereocenters. The molecule has 8 aromatic carbocycles. The maximum Gasteiger partial charge on any atom is 0.247 e. The smallest absolute Gasteiger partial charge is 0.247 e. The number of aryl methyl sites for hydroxylation is 4. The molecule has 57 heavy (non-hydrogen) atoms. The molecule has 10 rings (SSSR count). The molecule has 0 fully saturated rings. The van der Waals surface area contributed by atoms with Crippen molar-refractivity contribution >= 4 is 80.3 Å². The van der Waals surface area contributed by atoms with Crippen LogP contribution in [0.25, 0.3) is 0 Å². The molecule has 2 aliphatic rings. The predicted octanol–water partition coefficient (Wildman–Crippen LogP) is 9.11. The van der Waals surface area contributed by atoms with E-state index in [0.29, 0.717) is 0 Å². The molecule has 0 spiro atoms. The Hall–Kier alpha value is -6.51. The van der Waals surface area contributed by atoms with Gasteiger partial charge in [-0.25, -0.2) is 0 Å². The maximum absolute atomic E-state index is 2.52. The van der Waals surface area contributed by atoms with E-state index in [1.54, 1.807) is 0 Å². The average molecular weight is 731 g/mol. The Labute approximate surface area is 338 Å². The maximum atomic E-state index is 2.52. The Kier molecular flexibility index (Phi) is 8.71. The van der Waals surface area contributed by atoms with Crippen LogP contribution in [0.1, 0.15) is 33.4 Å². The second kappa shape index (κ2) is 14.2. The third-order valence-corrected chi connectivity index (χ3v) is 12.3. The topological polar surface area (TPSA) is 6.48 Å². The first-order valence-electron chi connectivity index (χ1n) is 20.2. The lowest BCUT2D eigenvalue weighted by Crippen LogP contribution is -2.59. The highest BCUT2D eigenvalue weighted by Crippen LogP contribution is 2.38. The van der Waals surface area contributed by atoms with Gasteiger partial charge >= 0.3 is 0 Å². The van der Waals surface area contributed by atoms with E-state index in [4.69, 9.17) is 0 Å². The van der Waals surface area contributed by atoms with E-state index >= 15 is 0 Å². The first-order valence-corrected chi connectivity index (χ1v) is 20.2. The molecule has 0 unspecified atom stereocenters. The van der Waals surface area contributed by atoms with E-state index in [0.717, 1.165) is 6.42 Å². The first-order chi connectivity index (χ1) is 28.0. The molecule has 0 saturated heterocycles. The minimum atomic E-state index is 0.0911. The van der Waals surface area contributed by atoms with Crippen LogP contribution in [0.4, 0.5) is 34.1 Å². The summed E-state index contributed by atoms with van der Waals surface area (Å²) in [5.41, 5.74) is 23.4. The molecule has 0 radical (unpaired) electrons. The average Bonchev–Trinajstić information content (AvgIpc) is 3.23. The molecule has 4 heteroatoms. The van der Waals surface area contributed by atoms with E-state index in [9.17, 15) is 0 Å². The summed E-state index contributed by atoms with van der Waals surface area (Å²) in [6.07, 6.45) is 0.832. The van der Waals surface area contributed by atoms with Crippen LogP contribution in [-0.4, -0.2) is 13.4 Å². The quantitative estimate of drug-likeness (QED) is 0.158. The normalized spacial score (nSPS) is 12.8. The minimum absolute atomic E-state index is 0.0911. The van der Waals surface area contributed by atoms with Crippen LogP contribution in [0.3, 0.4) is 0 Å². The highest BCUT2D eigenvalue weighted by molar-refractivity contribution is 6.99. The molecule has 2 aliphatic heterocycles. The molecule has 0 aliphatic carbocycles. The highest BCUT2D eigenvalue weighted by Gasteiger charge is 2.39. The summed E-state index contributed by atoms with van der Waals surface area (Å²) in [5.74, 6) is 0. The van der Waals surface area contributed by atoms with Crippen molar-refractivity contribution in [1.82, 2.24) is 0 Å². The SMILES string of the molecule is Cc1ccc2c(c1)N(c1ccccc1)c1ccccc1B2c1c(C)cccc1Cc1ccc2c(c1)B(c1c(C)cccc1C)c1ccccc1N2c1ccccc1. The summed E-state index contributed by atoms with van der Waals surface area (Å²) in [6.45, 7) is 9.26. The van der Waals surface area contributed by atoms with Gasteiger partial charge in [-0.05, 0) is 121 Å². The molecule has 0 aromatic heterocycles. The number of rotatable bonds is 6. The van der Waals surface area contributed by atoms with E-state index in [-0.39, 0.29) is 13.4 Å². The fourth-order valence-electron chi connectivity index (χ4n) is 9.85. The number of anilines is 6. The molecule has 272 valence electrons. The van der Waals surface area contributed by atoms with Gasteiger partial charge in [0, 0.05) is 34.1 Å². The van der Waals surface area contributed by atoms with Gasteiger partial charge in [-0.1, -0.05) is 161 Å². The van der Waals surface area contributed by atoms with Gasteiger partial charge in [-0.15, -0.1) is 0 Å². The number of hydrogen-bond donors (Lipinski definition) is 0. The van der Waals surface area contributed by atoms with Crippen molar-refractivity contribution in [3.8, 4) is 0 Å². The number of hydrogen-bond acceptors (Lipinski definition) is 2. The molecule has 2 nitrogen and oxygen atoms in total. The van der Waals surface area contributed by atoms with E-state index < -0.39 is 0 Å². The zero-order valence-electron chi connectivity index (χ0n) is 33.1. The zero-order valence-corrected chi connectivity index (χ0v) is 33.1. The first kappa shape index (κ1) is 34.9. The fraction of sp³-hybridized carbons (Fsp3) is 0.0943. The number of para-hydroxylation sites is 4. The Morgan fingerprint density at radius 3 is 1.49 bits per heavy atom. The highest BCUT2D eigenvalue weighted by atomic mass is 15.2. The summed E-state index contributed by atoms with van der Waals surface area (Å²) < 4.78 is 0. The Balaban J connectivity index is 1.15. The number of nitrogens with zero attached hydrogens (tertiary/aromatic N) is 2. The minimum Gasteiger partial charge on any atom is -0.312 e. The van der Waals surface area contributed by atoms with Crippen molar-refractivity contribution in [3.63, 3.8) is 0 Å². The van der Waals surface area contributed by atoms with Crippen LogP contribution in [0.15, 0.2) is 182 Å². The summed E-state index contributed by atoms with van der Waals surface area (Å²) >= 11 is 0. The monoisotopic (exact) mass is 730 g/mol. The van der Waals surface area contributed by atoms with Crippen LogP contribution in [0.5, 0.6) is 0 Å². The molecule has 0 N–H and O–H groups in total. The molecular formula is C53H44B2N2. The lowest BCUT2D eigenvalue weighted by Gasteiger charge is -2.38. The van der Waals surface area contributed by atoms with Crippen molar-refractivity contribution < 1.29 is 0 Å². The van der Waals surface area contributed by atoms with Gasteiger partial charge in [0.15, 0.2) is 0 Å². The second-order valence-corrected chi connectivity index (χ2v) is 15.9. The van der Waals surface area contributed by atoms with Crippen LogP contribution in [0, 0.1) is 27.7 Å². The van der Waals surface area contributed by atoms with Crippen molar-refractivity contribution in [3.05, 3.63) is 215 Å². The molecule has 2 heterocycles. The standard InChI is InChI=1S/C53H44B2N2/c1-36-29-31-46-51(33-36)57(43-23-9-6-10-24-43)49-28-14-11-25-44(49)54(46)53-39(4)19-16-20-41(53)34-40-30-32-50-47(35-40)55(52-37(2)17-15-18-38(52)3)45-26-12-13-27-48(45)56(50)42-21-7-5-8-22-42/h5-33,35H,34H2,1-4H3. The Morgan fingerprint density at radius 1 is 0.368 bits per heavy atom. The van der Waals surface area contributed by atoms with Crippen molar-refractivity contribution in [1.29, 1.82) is 0 Å². The summed E-state index contributed by atoms with van der Waals surface area (Å²) in [5, 5.41) is 0. The largest absolute Gasteiger partial charge is 0.312 e. The zero-order chi connectivity index (χ0) is 38.6. The van der Waals surface area contributed by atoms with Crippen LogP contribution in [-0.2, 0) is 6.42 Å². The van der Waals surface area contributed by atoms with Crippen molar-refractivity contribution in [2.75, 3.05) is 9.80 Å². The van der Waals surface area contributed by atoms with Gasteiger partial charge in [0.05, 0.1) is 0 Å². The number of benzene rings is 8. The summed E-state index contributed by atoms with van der Waals surface area (Å²) in [4.78, 5) is 4.92. The van der Waals surface area contributed by atoms with Crippen LogP contribution in [0.2, 0.25) is 0 Å². The van der Waals surface area contributed by atoms with Crippen LogP contribution < -0.4 is 42.6 Å². The lowest BCUT2D eigenvalue weighted by atomic mass is 9.33. The summed E-state index contributed by atoms with van der Waals surface area (Å²) in [6, 6.07) is 67.7. The molecule has 0 amide bonds. The van der Waals surface area contributed by atoms with E-state index in [1.165, 1.54) is 100 Å². The van der Waals surface area contributed by atoms with Crippen molar-refractivity contribution in [2.45, 2.75) is 34.1 Å². The third-order valence-electron chi connectivity index (χ3n) is 12.3. The lowest BCUT2D eigenvalue weighted by molar-refractivity contribution is 1.19. The predicted molar refractivity (Wildman–Crippen MR) is 246 cm³/mol. The van der Waals surface area contributed by atoms with Gasteiger partial charge in [0.1, 0.15) is 0 Å². The Bertz CT molecular complexity index is 2770. The van der Waals surface area contributed by atoms with Crippen molar-refractivity contribution in [2.24, 2.45) is 0 Å². The fourth-order valence-corrected chi connectivity index (χ4v) is 9.85. The van der Waals surface area contributed by atoms with Gasteiger partial charge in [-0.3, -0.25) is 0 Å². The van der Waals surface area contributed by atoms with Gasteiger partial charge in [0.2, 0.25) is 13.4 Å². The number of fused-ring (bicyclic) bond motifs is 4. The van der Waals surface area contributed by atoms with Gasteiger partial charge in [-0.2, -0.15) is 0 Å². The Morgan fingerprint density at radius 2 is 0.860 bits per heavy atom. The summed E-state index contributed by atoms with van der Waals surface area (Å²) in [7, 11) is 0. The molecule has 0 saturated carbocycles. The van der Waals surface area contributed by atoms with E-state index in [1.807, 2.05) is 0 Å². The van der Waals surface area contributed by atoms with E-state index in [2.05, 4.69) is 219 Å².